The molecule has 2 atom stereocenters. The second-order valence-electron chi connectivity index (χ2n) is 2.14. The Morgan fingerprint density at radius 1 is 1.75 bits per heavy atom. The number of methoxy groups -OCH3 is 1. The predicted octanol–water partition coefficient (Wildman–Crippen LogP) is -0.611. The van der Waals surface area contributed by atoms with Crippen LogP contribution < -0.4 is 0 Å². The monoisotopic (exact) mass is 176 g/mol. The van der Waals surface area contributed by atoms with Gasteiger partial charge < -0.3 is 19.7 Å². The standard InChI is InChI=1S/C7H12O5/c1-4-6(9)12-7(10,11-3)5(2)8/h4-5,8,10H,1H2,2-3H3. The Bertz CT molecular complexity index is 177. The molecular weight excluding hydrogens is 164 g/mol. The van der Waals surface area contributed by atoms with Crippen LogP contribution in [-0.4, -0.2) is 35.4 Å². The van der Waals surface area contributed by atoms with Crippen molar-refractivity contribution in [2.75, 3.05) is 7.11 Å². The van der Waals surface area contributed by atoms with E-state index in [1.54, 1.807) is 0 Å². The van der Waals surface area contributed by atoms with Crippen LogP contribution in [0.1, 0.15) is 6.92 Å². The molecule has 0 radical (unpaired) electrons. The molecule has 0 amide bonds. The highest BCUT2D eigenvalue weighted by Gasteiger charge is 2.37. The van der Waals surface area contributed by atoms with Gasteiger partial charge in [-0.3, -0.25) is 0 Å². The number of hydrogen-bond donors (Lipinski definition) is 2. The zero-order chi connectivity index (χ0) is 9.78. The molecule has 0 aromatic rings. The second kappa shape index (κ2) is 4.20. The minimum Gasteiger partial charge on any atom is -0.402 e. The van der Waals surface area contributed by atoms with E-state index in [-0.39, 0.29) is 0 Å². The van der Waals surface area contributed by atoms with E-state index in [4.69, 9.17) is 5.11 Å². The highest BCUT2D eigenvalue weighted by Crippen LogP contribution is 2.13. The van der Waals surface area contributed by atoms with E-state index in [9.17, 15) is 9.90 Å². The number of ether oxygens (including phenoxy) is 2. The van der Waals surface area contributed by atoms with Crippen molar-refractivity contribution >= 4 is 5.97 Å². The van der Waals surface area contributed by atoms with Crippen molar-refractivity contribution < 1.29 is 24.5 Å². The van der Waals surface area contributed by atoms with E-state index in [0.29, 0.717) is 0 Å². The summed E-state index contributed by atoms with van der Waals surface area (Å²) in [5.74, 6) is -3.18. The van der Waals surface area contributed by atoms with E-state index >= 15 is 0 Å². The first kappa shape index (κ1) is 11.1. The molecule has 0 aliphatic rings. The molecule has 0 fully saturated rings. The van der Waals surface area contributed by atoms with Gasteiger partial charge in [-0.15, -0.1) is 0 Å². The number of rotatable bonds is 4. The fraction of sp³-hybridized carbons (Fsp3) is 0.571. The van der Waals surface area contributed by atoms with Gasteiger partial charge >= 0.3 is 11.9 Å². The molecule has 0 bridgehead atoms. The Morgan fingerprint density at radius 3 is 2.50 bits per heavy atom. The van der Waals surface area contributed by atoms with Crippen molar-refractivity contribution in [2.45, 2.75) is 19.0 Å². The number of aliphatic hydroxyl groups is 2. The van der Waals surface area contributed by atoms with Crippen LogP contribution >= 0.6 is 0 Å². The molecule has 0 spiro atoms. The summed E-state index contributed by atoms with van der Waals surface area (Å²) < 4.78 is 8.71. The average molecular weight is 176 g/mol. The molecule has 0 heterocycles. The summed E-state index contributed by atoms with van der Waals surface area (Å²) >= 11 is 0. The molecule has 0 saturated carbocycles. The molecule has 0 aliphatic carbocycles. The van der Waals surface area contributed by atoms with Crippen molar-refractivity contribution in [3.63, 3.8) is 0 Å². The molecule has 0 saturated heterocycles. The molecule has 2 unspecified atom stereocenters. The highest BCUT2D eigenvalue weighted by atomic mass is 16.8. The van der Waals surface area contributed by atoms with Crippen molar-refractivity contribution in [2.24, 2.45) is 0 Å². The summed E-state index contributed by atoms with van der Waals surface area (Å²) in [4.78, 5) is 10.6. The number of aliphatic hydroxyl groups excluding tert-OH is 1. The van der Waals surface area contributed by atoms with Crippen LogP contribution in [0.2, 0.25) is 0 Å². The molecule has 5 nitrogen and oxygen atoms in total. The third kappa shape index (κ3) is 2.61. The zero-order valence-corrected chi connectivity index (χ0v) is 6.98. The largest absolute Gasteiger partial charge is 0.402 e. The summed E-state index contributed by atoms with van der Waals surface area (Å²) in [5, 5.41) is 18.2. The summed E-state index contributed by atoms with van der Waals surface area (Å²) in [6, 6.07) is 0. The zero-order valence-electron chi connectivity index (χ0n) is 6.98. The van der Waals surface area contributed by atoms with Crippen LogP contribution in [-0.2, 0) is 14.3 Å². The van der Waals surface area contributed by atoms with Crippen LogP contribution in [0.25, 0.3) is 0 Å². The van der Waals surface area contributed by atoms with Gasteiger partial charge in [-0.1, -0.05) is 6.58 Å². The molecule has 0 aliphatic heterocycles. The van der Waals surface area contributed by atoms with Gasteiger partial charge in [0.05, 0.1) is 0 Å². The third-order valence-electron chi connectivity index (χ3n) is 1.23. The van der Waals surface area contributed by atoms with Gasteiger partial charge in [0.25, 0.3) is 0 Å². The molecule has 2 N–H and O–H groups in total. The Morgan fingerprint density at radius 2 is 2.25 bits per heavy atom. The average Bonchev–Trinajstić information content (AvgIpc) is 2.03. The summed E-state index contributed by atoms with van der Waals surface area (Å²) in [7, 11) is 1.10. The first-order valence-electron chi connectivity index (χ1n) is 3.27. The van der Waals surface area contributed by atoms with Crippen LogP contribution in [0.5, 0.6) is 0 Å². The number of carbonyl (C=O) groups excluding carboxylic acids is 1. The lowest BCUT2D eigenvalue weighted by Gasteiger charge is -2.27. The third-order valence-corrected chi connectivity index (χ3v) is 1.23. The van der Waals surface area contributed by atoms with Crippen molar-refractivity contribution in [3.05, 3.63) is 12.7 Å². The molecule has 0 aromatic carbocycles. The summed E-state index contributed by atoms with van der Waals surface area (Å²) in [6.07, 6.45) is -0.488. The fourth-order valence-corrected chi connectivity index (χ4v) is 0.483. The van der Waals surface area contributed by atoms with Crippen LogP contribution in [0, 0.1) is 0 Å². The predicted molar refractivity (Wildman–Crippen MR) is 39.9 cm³/mol. The minimum atomic E-state index is -2.30. The molecule has 5 heteroatoms. The van der Waals surface area contributed by atoms with Gasteiger partial charge in [-0.2, -0.15) is 0 Å². The van der Waals surface area contributed by atoms with Crippen molar-refractivity contribution in [1.82, 2.24) is 0 Å². The molecule has 70 valence electrons. The fourth-order valence-electron chi connectivity index (χ4n) is 0.483. The van der Waals surface area contributed by atoms with Gasteiger partial charge in [-0.25, -0.2) is 4.79 Å². The van der Waals surface area contributed by atoms with Gasteiger partial charge in [0.1, 0.15) is 6.10 Å². The van der Waals surface area contributed by atoms with Gasteiger partial charge in [0.15, 0.2) is 0 Å². The molecule has 0 rings (SSSR count). The van der Waals surface area contributed by atoms with E-state index in [2.05, 4.69) is 16.1 Å². The molecule has 12 heavy (non-hydrogen) atoms. The van der Waals surface area contributed by atoms with Crippen molar-refractivity contribution in [1.29, 1.82) is 0 Å². The minimum absolute atomic E-state index is 0.854. The Labute approximate surface area is 70.2 Å². The first-order valence-corrected chi connectivity index (χ1v) is 3.27. The van der Waals surface area contributed by atoms with E-state index < -0.39 is 18.0 Å². The van der Waals surface area contributed by atoms with Crippen LogP contribution in [0.3, 0.4) is 0 Å². The Hall–Kier alpha value is -0.910. The maximum absolute atomic E-state index is 10.6. The van der Waals surface area contributed by atoms with E-state index in [1.807, 2.05) is 0 Å². The number of carbonyl (C=O) groups is 1. The second-order valence-corrected chi connectivity index (χ2v) is 2.14. The van der Waals surface area contributed by atoms with Crippen LogP contribution in [0.4, 0.5) is 0 Å². The van der Waals surface area contributed by atoms with Gasteiger partial charge in [0, 0.05) is 13.2 Å². The smallest absolute Gasteiger partial charge is 0.353 e. The molecule has 0 aromatic heterocycles. The number of hydrogen-bond acceptors (Lipinski definition) is 5. The normalized spacial score (nSPS) is 17.7. The summed E-state index contributed by atoms with van der Waals surface area (Å²) in [5.41, 5.74) is 0. The maximum Gasteiger partial charge on any atom is 0.353 e. The molecular formula is C7H12O5. The van der Waals surface area contributed by atoms with E-state index in [0.717, 1.165) is 13.2 Å². The maximum atomic E-state index is 10.6. The van der Waals surface area contributed by atoms with Crippen LogP contribution in [0.15, 0.2) is 12.7 Å². The van der Waals surface area contributed by atoms with Crippen molar-refractivity contribution in [3.8, 4) is 0 Å². The Balaban J connectivity index is 4.33. The van der Waals surface area contributed by atoms with E-state index in [1.165, 1.54) is 6.92 Å². The Kier molecular flexibility index (Phi) is 3.88. The lowest BCUT2D eigenvalue weighted by Crippen LogP contribution is -2.46. The quantitative estimate of drug-likeness (QED) is 0.339. The topological polar surface area (TPSA) is 76.0 Å². The number of esters is 1. The van der Waals surface area contributed by atoms with Gasteiger partial charge in [-0.05, 0) is 6.92 Å². The first-order chi connectivity index (χ1) is 5.46. The SMILES string of the molecule is C=CC(=O)OC(O)(OC)C(C)O. The lowest BCUT2D eigenvalue weighted by atomic mass is 10.3. The lowest BCUT2D eigenvalue weighted by molar-refractivity contribution is -0.364. The highest BCUT2D eigenvalue weighted by molar-refractivity contribution is 5.81. The van der Waals surface area contributed by atoms with Gasteiger partial charge in [0.2, 0.25) is 0 Å². The summed E-state index contributed by atoms with van der Waals surface area (Å²) in [6.45, 7) is 4.34.